The lowest BCUT2D eigenvalue weighted by Crippen LogP contribution is -2.48. The Bertz CT molecular complexity index is 759. The zero-order valence-corrected chi connectivity index (χ0v) is 16.4. The van der Waals surface area contributed by atoms with Crippen molar-refractivity contribution in [3.05, 3.63) is 29.8 Å². The van der Waals surface area contributed by atoms with Crippen molar-refractivity contribution in [2.45, 2.75) is 37.7 Å². The molecule has 27 heavy (non-hydrogen) atoms. The molecule has 0 saturated carbocycles. The molecule has 8 nitrogen and oxygen atoms in total. The minimum atomic E-state index is -3.49. The number of hydrogen-bond acceptors (Lipinski definition) is 5. The first kappa shape index (κ1) is 21.3. The molecule has 0 aromatic heterocycles. The summed E-state index contributed by atoms with van der Waals surface area (Å²) < 4.78 is 31.4. The monoisotopic (exact) mass is 398 g/mol. The van der Waals surface area contributed by atoms with Gasteiger partial charge < -0.3 is 14.7 Å². The largest absolute Gasteiger partial charge is 0.479 e. The maximum absolute atomic E-state index is 12.5. The lowest BCUT2D eigenvalue weighted by molar-refractivity contribution is -0.159. The van der Waals surface area contributed by atoms with Gasteiger partial charge in [0.25, 0.3) is 0 Å². The summed E-state index contributed by atoms with van der Waals surface area (Å²) >= 11 is 0. The summed E-state index contributed by atoms with van der Waals surface area (Å²) in [5.74, 6) is -1.21. The standard InChI is InChI=1S/C18H26N2O6S/c1-3-20(4-2)27(24,25)15-8-5-14(6-9-15)7-10-17(21)19-11-12-26-16(13-19)18(22)23/h5-6,8-9,16H,3-4,7,10-13H2,1-2H3,(H,22,23). The van der Waals surface area contributed by atoms with Gasteiger partial charge in [-0.2, -0.15) is 4.31 Å². The Labute approximate surface area is 159 Å². The second kappa shape index (κ2) is 9.29. The maximum Gasteiger partial charge on any atom is 0.334 e. The molecule has 1 saturated heterocycles. The van der Waals surface area contributed by atoms with Gasteiger partial charge in [0.05, 0.1) is 18.0 Å². The predicted molar refractivity (Wildman–Crippen MR) is 98.8 cm³/mol. The molecule has 2 rings (SSSR count). The SMILES string of the molecule is CCN(CC)S(=O)(=O)c1ccc(CCC(=O)N2CCOC(C(=O)O)C2)cc1. The average molecular weight is 398 g/mol. The first-order valence-corrected chi connectivity index (χ1v) is 10.4. The summed E-state index contributed by atoms with van der Waals surface area (Å²) in [5.41, 5.74) is 0.852. The van der Waals surface area contributed by atoms with Crippen molar-refractivity contribution < 1.29 is 27.9 Å². The summed E-state index contributed by atoms with van der Waals surface area (Å²) in [7, 11) is -3.49. The van der Waals surface area contributed by atoms with Crippen molar-refractivity contribution in [1.29, 1.82) is 0 Å². The number of aliphatic carboxylic acids is 1. The topological polar surface area (TPSA) is 104 Å². The van der Waals surface area contributed by atoms with Crippen molar-refractivity contribution in [2.24, 2.45) is 0 Å². The highest BCUT2D eigenvalue weighted by atomic mass is 32.2. The highest BCUT2D eigenvalue weighted by Crippen LogP contribution is 2.17. The molecule has 1 aromatic rings. The van der Waals surface area contributed by atoms with Gasteiger partial charge >= 0.3 is 5.97 Å². The highest BCUT2D eigenvalue weighted by Gasteiger charge is 2.28. The van der Waals surface area contributed by atoms with Crippen molar-refractivity contribution in [3.63, 3.8) is 0 Å². The molecule has 1 fully saturated rings. The van der Waals surface area contributed by atoms with Crippen LogP contribution in [0.5, 0.6) is 0 Å². The van der Waals surface area contributed by atoms with Crippen LogP contribution in [0.2, 0.25) is 0 Å². The number of amides is 1. The molecule has 1 aromatic carbocycles. The van der Waals surface area contributed by atoms with Crippen molar-refractivity contribution in [1.82, 2.24) is 9.21 Å². The van der Waals surface area contributed by atoms with Gasteiger partial charge in [-0.25, -0.2) is 13.2 Å². The van der Waals surface area contributed by atoms with E-state index in [-0.39, 0.29) is 30.4 Å². The second-order valence-electron chi connectivity index (χ2n) is 6.27. The maximum atomic E-state index is 12.5. The van der Waals surface area contributed by atoms with Gasteiger partial charge in [0.2, 0.25) is 15.9 Å². The van der Waals surface area contributed by atoms with E-state index in [1.54, 1.807) is 38.1 Å². The van der Waals surface area contributed by atoms with E-state index in [0.717, 1.165) is 5.56 Å². The van der Waals surface area contributed by atoms with Gasteiger partial charge in [0, 0.05) is 26.1 Å². The summed E-state index contributed by atoms with van der Waals surface area (Å²) in [6.45, 7) is 5.04. The van der Waals surface area contributed by atoms with Crippen LogP contribution in [0.3, 0.4) is 0 Å². The molecule has 1 amide bonds. The average Bonchev–Trinajstić information content (AvgIpc) is 2.67. The molecule has 0 aliphatic carbocycles. The molecule has 1 heterocycles. The van der Waals surface area contributed by atoms with E-state index < -0.39 is 22.1 Å². The third-order valence-corrected chi connectivity index (χ3v) is 6.65. The Morgan fingerprint density at radius 3 is 2.41 bits per heavy atom. The molecule has 0 radical (unpaired) electrons. The zero-order valence-electron chi connectivity index (χ0n) is 15.6. The van der Waals surface area contributed by atoms with E-state index in [9.17, 15) is 18.0 Å². The smallest absolute Gasteiger partial charge is 0.334 e. The molecular formula is C18H26N2O6S. The highest BCUT2D eigenvalue weighted by molar-refractivity contribution is 7.89. The van der Waals surface area contributed by atoms with Gasteiger partial charge in [0.15, 0.2) is 6.10 Å². The fourth-order valence-electron chi connectivity index (χ4n) is 2.98. The lowest BCUT2D eigenvalue weighted by Gasteiger charge is -2.31. The van der Waals surface area contributed by atoms with Gasteiger partial charge in [0.1, 0.15) is 0 Å². The van der Waals surface area contributed by atoms with E-state index in [1.807, 2.05) is 0 Å². The summed E-state index contributed by atoms with van der Waals surface area (Å²) in [4.78, 5) is 25.0. The summed E-state index contributed by atoms with van der Waals surface area (Å²) in [6, 6.07) is 6.54. The number of carboxylic acids is 1. The molecule has 0 bridgehead atoms. The van der Waals surface area contributed by atoms with Crippen LogP contribution in [0.4, 0.5) is 0 Å². The van der Waals surface area contributed by atoms with Crippen LogP contribution >= 0.6 is 0 Å². The van der Waals surface area contributed by atoms with Crippen LogP contribution in [-0.4, -0.2) is 73.5 Å². The van der Waals surface area contributed by atoms with E-state index >= 15 is 0 Å². The molecule has 0 spiro atoms. The van der Waals surface area contributed by atoms with E-state index in [4.69, 9.17) is 9.84 Å². The Morgan fingerprint density at radius 2 is 1.85 bits per heavy atom. The van der Waals surface area contributed by atoms with Gasteiger partial charge in [-0.3, -0.25) is 4.79 Å². The third kappa shape index (κ3) is 5.27. The van der Waals surface area contributed by atoms with Gasteiger partial charge in [-0.15, -0.1) is 0 Å². The first-order valence-electron chi connectivity index (χ1n) is 9.00. The van der Waals surface area contributed by atoms with E-state index in [1.165, 1.54) is 9.21 Å². The van der Waals surface area contributed by atoms with E-state index in [2.05, 4.69) is 0 Å². The quantitative estimate of drug-likeness (QED) is 0.699. The van der Waals surface area contributed by atoms with Crippen LogP contribution < -0.4 is 0 Å². The van der Waals surface area contributed by atoms with Crippen LogP contribution in [0.15, 0.2) is 29.2 Å². The Kier molecular flexibility index (Phi) is 7.34. The van der Waals surface area contributed by atoms with Crippen LogP contribution in [0, 0.1) is 0 Å². The number of aryl methyl sites for hydroxylation is 1. The van der Waals surface area contributed by atoms with E-state index in [0.29, 0.717) is 26.1 Å². The molecule has 1 unspecified atom stereocenters. The minimum absolute atomic E-state index is 0.0508. The number of hydrogen-bond donors (Lipinski definition) is 1. The van der Waals surface area contributed by atoms with Crippen LogP contribution in [0.25, 0.3) is 0 Å². The molecule has 9 heteroatoms. The molecular weight excluding hydrogens is 372 g/mol. The van der Waals surface area contributed by atoms with Crippen molar-refractivity contribution in [3.8, 4) is 0 Å². The van der Waals surface area contributed by atoms with Crippen LogP contribution in [-0.2, 0) is 30.8 Å². The summed E-state index contributed by atoms with van der Waals surface area (Å²) in [6.07, 6.45) is -0.291. The number of nitrogens with zero attached hydrogens (tertiary/aromatic N) is 2. The second-order valence-corrected chi connectivity index (χ2v) is 8.21. The molecule has 150 valence electrons. The predicted octanol–water partition coefficient (Wildman–Crippen LogP) is 0.962. The summed E-state index contributed by atoms with van der Waals surface area (Å²) in [5, 5.41) is 9.00. The number of morpholine rings is 1. The molecule has 1 N–H and O–H groups in total. The molecule has 1 aliphatic heterocycles. The number of carbonyl (C=O) groups is 2. The van der Waals surface area contributed by atoms with Gasteiger partial charge in [-0.1, -0.05) is 26.0 Å². The number of carboxylic acid groups (broad SMARTS) is 1. The first-order chi connectivity index (χ1) is 12.8. The number of rotatable bonds is 8. The number of sulfonamides is 1. The van der Waals surface area contributed by atoms with Gasteiger partial charge in [-0.05, 0) is 24.1 Å². The Balaban J connectivity index is 1.95. The molecule has 1 atom stereocenters. The van der Waals surface area contributed by atoms with Crippen molar-refractivity contribution in [2.75, 3.05) is 32.8 Å². The fourth-order valence-corrected chi connectivity index (χ4v) is 4.43. The fraction of sp³-hybridized carbons (Fsp3) is 0.556. The Hall–Kier alpha value is -1.97. The Morgan fingerprint density at radius 1 is 1.22 bits per heavy atom. The molecule has 1 aliphatic rings. The normalized spacial score (nSPS) is 17.9. The number of carbonyl (C=O) groups excluding carboxylic acids is 1. The zero-order chi connectivity index (χ0) is 20.0. The number of benzene rings is 1. The van der Waals surface area contributed by atoms with Crippen LogP contribution in [0.1, 0.15) is 25.8 Å². The number of ether oxygens (including phenoxy) is 1. The van der Waals surface area contributed by atoms with Crippen molar-refractivity contribution >= 4 is 21.9 Å². The lowest BCUT2D eigenvalue weighted by atomic mass is 10.1. The minimum Gasteiger partial charge on any atom is -0.479 e. The third-order valence-electron chi connectivity index (χ3n) is 4.59.